The third-order valence-electron chi connectivity index (χ3n) is 2.67. The second-order valence-corrected chi connectivity index (χ2v) is 5.25. The van der Waals surface area contributed by atoms with Gasteiger partial charge >= 0.3 is 0 Å². The first-order chi connectivity index (χ1) is 9.52. The number of nitrogens with zero attached hydrogens (tertiary/aromatic N) is 3. The van der Waals surface area contributed by atoms with Crippen molar-refractivity contribution in [2.45, 2.75) is 13.5 Å². The molecule has 0 aromatic carbocycles. The molecule has 0 bridgehead atoms. The van der Waals surface area contributed by atoms with E-state index in [2.05, 4.69) is 10.4 Å². The molecule has 0 aliphatic rings. The van der Waals surface area contributed by atoms with Gasteiger partial charge in [0, 0.05) is 12.7 Å². The molecule has 0 unspecified atom stereocenters. The zero-order valence-electron chi connectivity index (χ0n) is 10.9. The van der Waals surface area contributed by atoms with Crippen LogP contribution in [0.2, 0.25) is 0 Å². The maximum absolute atomic E-state index is 11.2. The molecule has 104 valence electrons. The van der Waals surface area contributed by atoms with E-state index in [1.807, 2.05) is 19.2 Å². The predicted molar refractivity (Wildman–Crippen MR) is 77.4 cm³/mol. The number of aryl methyl sites for hydroxylation is 1. The third kappa shape index (κ3) is 2.73. The van der Waals surface area contributed by atoms with Crippen LogP contribution in [0.15, 0.2) is 12.4 Å². The molecule has 7 nitrogen and oxygen atoms in total. The largest absolute Gasteiger partial charge is 0.396 e. The molecule has 0 aliphatic carbocycles. The second-order valence-electron chi connectivity index (χ2n) is 4.23. The van der Waals surface area contributed by atoms with Gasteiger partial charge in [0.2, 0.25) is 0 Å². The molecular weight excluding hydrogens is 276 g/mol. The van der Waals surface area contributed by atoms with Crippen LogP contribution >= 0.6 is 11.3 Å². The van der Waals surface area contributed by atoms with Crippen LogP contribution < -0.4 is 16.8 Å². The van der Waals surface area contributed by atoms with Crippen molar-refractivity contribution in [3.8, 4) is 6.07 Å². The molecule has 20 heavy (non-hydrogen) atoms. The minimum Gasteiger partial charge on any atom is -0.396 e. The zero-order valence-corrected chi connectivity index (χ0v) is 11.7. The summed E-state index contributed by atoms with van der Waals surface area (Å²) in [4.78, 5) is 11.4. The monoisotopic (exact) mass is 290 g/mol. The van der Waals surface area contributed by atoms with E-state index < -0.39 is 5.91 Å². The van der Waals surface area contributed by atoms with Crippen molar-refractivity contribution in [2.75, 3.05) is 17.6 Å². The summed E-state index contributed by atoms with van der Waals surface area (Å²) in [5.41, 5.74) is 12.4. The van der Waals surface area contributed by atoms with Crippen molar-refractivity contribution >= 4 is 27.9 Å². The molecule has 0 saturated carbocycles. The normalized spacial score (nSPS) is 10.2. The summed E-state index contributed by atoms with van der Waals surface area (Å²) in [5, 5.41) is 16.9. The van der Waals surface area contributed by atoms with Crippen LogP contribution in [0.25, 0.3) is 0 Å². The van der Waals surface area contributed by atoms with Crippen molar-refractivity contribution in [1.82, 2.24) is 9.78 Å². The Morgan fingerprint density at radius 2 is 2.40 bits per heavy atom. The van der Waals surface area contributed by atoms with Crippen LogP contribution in [-0.4, -0.2) is 22.2 Å². The Morgan fingerprint density at radius 3 is 2.95 bits per heavy atom. The lowest BCUT2D eigenvalue weighted by Gasteiger charge is -2.04. The molecule has 2 aromatic heterocycles. The highest BCUT2D eigenvalue weighted by Gasteiger charge is 2.18. The molecule has 8 heteroatoms. The van der Waals surface area contributed by atoms with Gasteiger partial charge in [0.05, 0.1) is 18.4 Å². The van der Waals surface area contributed by atoms with Crippen LogP contribution in [-0.2, 0) is 6.54 Å². The van der Waals surface area contributed by atoms with E-state index in [0.29, 0.717) is 18.1 Å². The Balaban J connectivity index is 2.08. The van der Waals surface area contributed by atoms with Gasteiger partial charge < -0.3 is 16.8 Å². The Morgan fingerprint density at radius 1 is 1.65 bits per heavy atom. The van der Waals surface area contributed by atoms with E-state index in [-0.39, 0.29) is 16.1 Å². The first kappa shape index (κ1) is 13.9. The fraction of sp³-hybridized carbons (Fsp3) is 0.250. The molecule has 2 rings (SSSR count). The van der Waals surface area contributed by atoms with E-state index >= 15 is 0 Å². The number of hydrogen-bond acceptors (Lipinski definition) is 6. The van der Waals surface area contributed by atoms with E-state index in [9.17, 15) is 4.79 Å². The molecule has 0 aliphatic heterocycles. The van der Waals surface area contributed by atoms with Crippen LogP contribution in [0.3, 0.4) is 0 Å². The molecule has 0 atom stereocenters. The summed E-state index contributed by atoms with van der Waals surface area (Å²) < 4.78 is 1.79. The Kier molecular flexibility index (Phi) is 3.91. The zero-order chi connectivity index (χ0) is 14.7. The third-order valence-corrected chi connectivity index (χ3v) is 3.85. The van der Waals surface area contributed by atoms with Gasteiger partial charge in [0.1, 0.15) is 21.5 Å². The summed E-state index contributed by atoms with van der Waals surface area (Å²) in [5.74, 6) is -0.625. The highest BCUT2D eigenvalue weighted by Crippen LogP contribution is 2.34. The molecular formula is C12H14N6OS. The van der Waals surface area contributed by atoms with Gasteiger partial charge in [-0.3, -0.25) is 9.48 Å². The molecule has 0 fully saturated rings. The molecule has 0 radical (unpaired) electrons. The van der Waals surface area contributed by atoms with Crippen molar-refractivity contribution in [3.63, 3.8) is 0 Å². The standard InChI is InChI=1S/C12H14N6OS/c1-7-5-17-18(6-7)3-2-16-12-8(4-13)9(14)10(20-12)11(15)19/h5-6,16H,2-3,14H2,1H3,(H2,15,19). The second kappa shape index (κ2) is 5.63. The van der Waals surface area contributed by atoms with E-state index in [4.69, 9.17) is 16.7 Å². The van der Waals surface area contributed by atoms with Gasteiger partial charge in [-0.1, -0.05) is 0 Å². The number of nitriles is 1. The summed E-state index contributed by atoms with van der Waals surface area (Å²) in [7, 11) is 0. The fourth-order valence-corrected chi connectivity index (χ4v) is 2.68. The number of nitrogen functional groups attached to an aromatic ring is 1. The van der Waals surface area contributed by atoms with Crippen molar-refractivity contribution in [2.24, 2.45) is 5.73 Å². The fourth-order valence-electron chi connectivity index (χ4n) is 1.74. The minimum absolute atomic E-state index is 0.141. The minimum atomic E-state index is -0.625. The Hall–Kier alpha value is -2.53. The first-order valence-electron chi connectivity index (χ1n) is 5.88. The number of nitrogens with one attached hydrogen (secondary N) is 1. The highest BCUT2D eigenvalue weighted by molar-refractivity contribution is 7.18. The SMILES string of the molecule is Cc1cnn(CCNc2sc(C(N)=O)c(N)c2C#N)c1. The average Bonchev–Trinajstić information content (AvgIpc) is 2.94. The summed E-state index contributed by atoms with van der Waals surface area (Å²) in [6, 6.07) is 1.98. The maximum atomic E-state index is 11.2. The molecule has 0 spiro atoms. The van der Waals surface area contributed by atoms with Gasteiger partial charge in [0.25, 0.3) is 5.91 Å². The highest BCUT2D eigenvalue weighted by atomic mass is 32.1. The lowest BCUT2D eigenvalue weighted by Crippen LogP contribution is -2.10. The van der Waals surface area contributed by atoms with Gasteiger partial charge in [0.15, 0.2) is 0 Å². The number of amides is 1. The smallest absolute Gasteiger partial charge is 0.261 e. The lowest BCUT2D eigenvalue weighted by atomic mass is 10.2. The van der Waals surface area contributed by atoms with Gasteiger partial charge in [-0.25, -0.2) is 0 Å². The van der Waals surface area contributed by atoms with Crippen LogP contribution in [0.5, 0.6) is 0 Å². The Bertz CT molecular complexity index is 681. The van der Waals surface area contributed by atoms with E-state index in [1.54, 1.807) is 10.9 Å². The number of hydrogen-bond donors (Lipinski definition) is 3. The van der Waals surface area contributed by atoms with Gasteiger partial charge in [-0.15, -0.1) is 11.3 Å². The number of aromatic nitrogens is 2. The van der Waals surface area contributed by atoms with Gasteiger partial charge in [-0.2, -0.15) is 10.4 Å². The topological polar surface area (TPSA) is 123 Å². The molecule has 1 amide bonds. The summed E-state index contributed by atoms with van der Waals surface area (Å²) >= 11 is 1.10. The van der Waals surface area contributed by atoms with Gasteiger partial charge in [-0.05, 0) is 12.5 Å². The quantitative estimate of drug-likeness (QED) is 0.755. The lowest BCUT2D eigenvalue weighted by molar-refractivity contribution is 0.100. The number of carbonyl (C=O) groups excluding carboxylic acids is 1. The number of nitrogens with two attached hydrogens (primary N) is 2. The molecule has 2 aromatic rings. The van der Waals surface area contributed by atoms with Crippen molar-refractivity contribution in [1.29, 1.82) is 5.26 Å². The molecule has 2 heterocycles. The predicted octanol–water partition coefficient (Wildman–Crippen LogP) is 0.918. The number of primary amides is 1. The average molecular weight is 290 g/mol. The number of anilines is 2. The number of rotatable bonds is 5. The van der Waals surface area contributed by atoms with Crippen molar-refractivity contribution in [3.05, 3.63) is 28.4 Å². The molecule has 0 saturated heterocycles. The van der Waals surface area contributed by atoms with E-state index in [0.717, 1.165) is 16.9 Å². The summed E-state index contributed by atoms with van der Waals surface area (Å²) in [6.07, 6.45) is 3.69. The Labute approximate surface area is 119 Å². The maximum Gasteiger partial charge on any atom is 0.261 e. The van der Waals surface area contributed by atoms with Crippen LogP contribution in [0.1, 0.15) is 20.8 Å². The van der Waals surface area contributed by atoms with Crippen molar-refractivity contribution < 1.29 is 4.79 Å². The summed E-state index contributed by atoms with van der Waals surface area (Å²) in [6.45, 7) is 3.17. The number of carbonyl (C=O) groups is 1. The van der Waals surface area contributed by atoms with Crippen LogP contribution in [0.4, 0.5) is 10.7 Å². The van der Waals surface area contributed by atoms with Crippen LogP contribution in [0, 0.1) is 18.3 Å². The molecule has 5 N–H and O–H groups in total. The number of thiophene rings is 1. The van der Waals surface area contributed by atoms with E-state index in [1.165, 1.54) is 0 Å². The first-order valence-corrected chi connectivity index (χ1v) is 6.69.